The van der Waals surface area contributed by atoms with Crippen molar-refractivity contribution in [2.75, 3.05) is 0 Å². The van der Waals surface area contributed by atoms with Gasteiger partial charge < -0.3 is 9.47 Å². The number of rotatable bonds is 1. The first-order valence-corrected chi connectivity index (χ1v) is 6.71. The Morgan fingerprint density at radius 2 is 1.95 bits per heavy atom. The third-order valence-corrected chi connectivity index (χ3v) is 3.66. The second kappa shape index (κ2) is 4.57. The molecule has 2 heterocycles. The quantitative estimate of drug-likeness (QED) is 0.772. The molecule has 0 amide bonds. The van der Waals surface area contributed by atoms with E-state index in [1.54, 1.807) is 6.26 Å². The van der Waals surface area contributed by atoms with E-state index in [4.69, 9.17) is 9.47 Å². The normalized spacial score (nSPS) is 19.2. The Hall–Kier alpha value is -2.48. The Balaban J connectivity index is 1.71. The highest BCUT2D eigenvalue weighted by molar-refractivity contribution is 5.48. The Labute approximate surface area is 118 Å². The van der Waals surface area contributed by atoms with E-state index in [1.807, 2.05) is 42.5 Å². The van der Waals surface area contributed by atoms with Crippen molar-refractivity contribution in [1.82, 2.24) is 0 Å². The van der Waals surface area contributed by atoms with Gasteiger partial charge in [-0.25, -0.2) is 0 Å². The van der Waals surface area contributed by atoms with Gasteiger partial charge in [0.2, 0.25) is 0 Å². The molecule has 20 heavy (non-hydrogen) atoms. The van der Waals surface area contributed by atoms with E-state index >= 15 is 0 Å². The summed E-state index contributed by atoms with van der Waals surface area (Å²) in [5.74, 6) is 2.88. The van der Waals surface area contributed by atoms with Crippen LogP contribution in [0, 0.1) is 6.07 Å². The highest BCUT2D eigenvalue weighted by Crippen LogP contribution is 2.39. The summed E-state index contributed by atoms with van der Waals surface area (Å²) in [7, 11) is 0. The lowest BCUT2D eigenvalue weighted by Crippen LogP contribution is -2.14. The molecular formula is C18H13O2. The summed E-state index contributed by atoms with van der Waals surface area (Å²) in [5.41, 5.74) is 2.25. The van der Waals surface area contributed by atoms with Crippen molar-refractivity contribution in [3.63, 3.8) is 0 Å². The number of ether oxygens (including phenoxy) is 2. The Morgan fingerprint density at radius 1 is 1.05 bits per heavy atom. The Kier molecular flexibility index (Phi) is 2.59. The fraction of sp³-hybridized carbons (Fsp3) is 0.111. The zero-order chi connectivity index (χ0) is 13.4. The van der Waals surface area contributed by atoms with Crippen molar-refractivity contribution in [3.8, 4) is 11.5 Å². The summed E-state index contributed by atoms with van der Waals surface area (Å²) in [4.78, 5) is 0. The van der Waals surface area contributed by atoms with E-state index in [0.29, 0.717) is 0 Å². The number of hydrogen-bond acceptors (Lipinski definition) is 2. The summed E-state index contributed by atoms with van der Waals surface area (Å²) in [5, 5.41) is 0. The summed E-state index contributed by atoms with van der Waals surface area (Å²) in [6.07, 6.45) is 6.77. The molecule has 0 spiro atoms. The minimum absolute atomic E-state index is 0.119. The molecule has 97 valence electrons. The predicted octanol–water partition coefficient (Wildman–Crippen LogP) is 4.00. The van der Waals surface area contributed by atoms with Crippen LogP contribution in [0.15, 0.2) is 66.6 Å². The van der Waals surface area contributed by atoms with E-state index in [-0.39, 0.29) is 5.92 Å². The van der Waals surface area contributed by atoms with Gasteiger partial charge in [-0.05, 0) is 36.8 Å². The van der Waals surface area contributed by atoms with Gasteiger partial charge in [0.05, 0.1) is 12.2 Å². The molecule has 2 aliphatic rings. The summed E-state index contributed by atoms with van der Waals surface area (Å²) in [6, 6.07) is 17.2. The van der Waals surface area contributed by atoms with Crippen LogP contribution in [0.25, 0.3) is 0 Å². The van der Waals surface area contributed by atoms with E-state index < -0.39 is 0 Å². The van der Waals surface area contributed by atoms with E-state index in [9.17, 15) is 0 Å². The lowest BCUT2D eigenvalue weighted by atomic mass is 9.92. The van der Waals surface area contributed by atoms with Crippen LogP contribution in [0.5, 0.6) is 11.5 Å². The predicted molar refractivity (Wildman–Crippen MR) is 76.6 cm³/mol. The summed E-state index contributed by atoms with van der Waals surface area (Å²) in [6.45, 7) is 0. The van der Waals surface area contributed by atoms with Crippen molar-refractivity contribution in [3.05, 3.63) is 83.8 Å². The van der Waals surface area contributed by atoms with Crippen molar-refractivity contribution < 1.29 is 9.47 Å². The number of hydrogen-bond donors (Lipinski definition) is 0. The monoisotopic (exact) mass is 261 g/mol. The molecule has 0 N–H and O–H groups in total. The van der Waals surface area contributed by atoms with Crippen LogP contribution in [-0.2, 0) is 6.42 Å². The smallest absolute Gasteiger partial charge is 0.131 e. The van der Waals surface area contributed by atoms with Crippen molar-refractivity contribution in [1.29, 1.82) is 0 Å². The maximum atomic E-state index is 6.05. The van der Waals surface area contributed by atoms with Gasteiger partial charge in [-0.1, -0.05) is 30.3 Å². The fourth-order valence-corrected chi connectivity index (χ4v) is 2.66. The minimum atomic E-state index is 0.119. The van der Waals surface area contributed by atoms with Crippen molar-refractivity contribution in [2.24, 2.45) is 0 Å². The molecule has 0 aromatic heterocycles. The third kappa shape index (κ3) is 1.81. The molecule has 1 atom stereocenters. The maximum Gasteiger partial charge on any atom is 0.131 e. The molecule has 0 fully saturated rings. The molecule has 2 aromatic rings. The van der Waals surface area contributed by atoms with E-state index in [0.717, 1.165) is 34.8 Å². The van der Waals surface area contributed by atoms with Crippen molar-refractivity contribution in [2.45, 2.75) is 12.3 Å². The molecular weight excluding hydrogens is 248 g/mol. The van der Waals surface area contributed by atoms with Crippen LogP contribution in [0.1, 0.15) is 17.0 Å². The van der Waals surface area contributed by atoms with Crippen LogP contribution in [0.2, 0.25) is 0 Å². The highest BCUT2D eigenvalue weighted by Gasteiger charge is 2.25. The zero-order valence-electron chi connectivity index (χ0n) is 10.9. The highest BCUT2D eigenvalue weighted by atomic mass is 16.5. The SMILES string of the molecule is [c]1cccc2c1CC=C(C1C=COc3ccccc31)O2. The second-order valence-electron chi connectivity index (χ2n) is 4.89. The Morgan fingerprint density at radius 3 is 2.95 bits per heavy atom. The van der Waals surface area contributed by atoms with Gasteiger partial charge in [-0.3, -0.25) is 0 Å². The Bertz CT molecular complexity index is 713. The van der Waals surface area contributed by atoms with Gasteiger partial charge in [0.15, 0.2) is 0 Å². The molecule has 2 aromatic carbocycles. The molecule has 0 bridgehead atoms. The molecule has 2 aliphatic heterocycles. The molecule has 2 heteroatoms. The van der Waals surface area contributed by atoms with Gasteiger partial charge >= 0.3 is 0 Å². The van der Waals surface area contributed by atoms with Gasteiger partial charge in [0, 0.05) is 11.1 Å². The number of allylic oxidation sites excluding steroid dienone is 2. The van der Waals surface area contributed by atoms with Crippen LogP contribution in [0.3, 0.4) is 0 Å². The molecule has 0 aliphatic carbocycles. The van der Waals surface area contributed by atoms with Gasteiger partial charge in [0.1, 0.15) is 17.3 Å². The standard InChI is InChI=1S/C18H13O2/c1-3-7-16-13(5-1)9-10-18(20-16)15-11-12-19-17-8-4-2-6-14(15)17/h1-4,6-8,10-12,15H,9H2. The van der Waals surface area contributed by atoms with Crippen LogP contribution < -0.4 is 9.47 Å². The number of para-hydroxylation sites is 1. The largest absolute Gasteiger partial charge is 0.465 e. The van der Waals surface area contributed by atoms with Gasteiger partial charge in [-0.15, -0.1) is 0 Å². The minimum Gasteiger partial charge on any atom is -0.465 e. The molecule has 0 saturated heterocycles. The van der Waals surface area contributed by atoms with Gasteiger partial charge in [0.25, 0.3) is 0 Å². The van der Waals surface area contributed by atoms with Crippen molar-refractivity contribution >= 4 is 0 Å². The lowest BCUT2D eigenvalue weighted by Gasteiger charge is -2.26. The van der Waals surface area contributed by atoms with E-state index in [1.165, 1.54) is 0 Å². The second-order valence-corrected chi connectivity index (χ2v) is 4.89. The molecule has 1 radical (unpaired) electrons. The zero-order valence-corrected chi connectivity index (χ0v) is 10.9. The average molecular weight is 261 g/mol. The van der Waals surface area contributed by atoms with Gasteiger partial charge in [-0.2, -0.15) is 0 Å². The average Bonchev–Trinajstić information content (AvgIpc) is 2.54. The summed E-state index contributed by atoms with van der Waals surface area (Å²) < 4.78 is 11.6. The van der Waals surface area contributed by atoms with Crippen LogP contribution in [0.4, 0.5) is 0 Å². The first-order valence-electron chi connectivity index (χ1n) is 6.71. The fourth-order valence-electron chi connectivity index (χ4n) is 2.66. The molecule has 2 nitrogen and oxygen atoms in total. The van der Waals surface area contributed by atoms with Crippen LogP contribution in [-0.4, -0.2) is 0 Å². The number of benzene rings is 2. The van der Waals surface area contributed by atoms with Crippen LogP contribution >= 0.6 is 0 Å². The van der Waals surface area contributed by atoms with E-state index in [2.05, 4.69) is 18.2 Å². The molecule has 0 saturated carbocycles. The third-order valence-electron chi connectivity index (χ3n) is 3.66. The lowest BCUT2D eigenvalue weighted by molar-refractivity contribution is 0.371. The first-order chi connectivity index (χ1) is 9.92. The topological polar surface area (TPSA) is 18.5 Å². The molecule has 1 unspecified atom stereocenters. The first kappa shape index (κ1) is 11.4. The summed E-state index contributed by atoms with van der Waals surface area (Å²) >= 11 is 0. The maximum absolute atomic E-state index is 6.05. The number of fused-ring (bicyclic) bond motifs is 2. The molecule has 4 rings (SSSR count).